The highest BCUT2D eigenvalue weighted by Gasteiger charge is 2.30. The molecule has 2 amide bonds. The molecule has 1 aromatic heterocycles. The van der Waals surface area contributed by atoms with E-state index in [-0.39, 0.29) is 17.9 Å². The Morgan fingerprint density at radius 2 is 2.00 bits per heavy atom. The van der Waals surface area contributed by atoms with E-state index in [9.17, 15) is 9.59 Å². The fourth-order valence-corrected chi connectivity index (χ4v) is 3.64. The van der Waals surface area contributed by atoms with Crippen LogP contribution in [0, 0.1) is 0 Å². The molecule has 156 valence electrons. The topological polar surface area (TPSA) is 76.5 Å². The Kier molecular flexibility index (Phi) is 7.04. The number of ether oxygens (including phenoxy) is 1. The van der Waals surface area contributed by atoms with E-state index in [1.807, 2.05) is 53.6 Å². The van der Waals surface area contributed by atoms with Gasteiger partial charge in [-0.15, -0.1) is 0 Å². The van der Waals surface area contributed by atoms with Gasteiger partial charge in [-0.3, -0.25) is 9.59 Å². The lowest BCUT2D eigenvalue weighted by molar-refractivity contribution is 0.0671. The van der Waals surface area contributed by atoms with E-state index in [1.54, 1.807) is 7.11 Å². The van der Waals surface area contributed by atoms with Crippen molar-refractivity contribution in [1.29, 1.82) is 0 Å². The first-order valence-electron chi connectivity index (χ1n) is 10.2. The summed E-state index contributed by atoms with van der Waals surface area (Å²) in [4.78, 5) is 32.5. The van der Waals surface area contributed by atoms with Gasteiger partial charge < -0.3 is 19.5 Å². The molecule has 0 fully saturated rings. The van der Waals surface area contributed by atoms with Crippen LogP contribution in [0.5, 0.6) is 0 Å². The number of benzene rings is 1. The van der Waals surface area contributed by atoms with Crippen LogP contribution in [0.2, 0.25) is 0 Å². The Morgan fingerprint density at radius 1 is 1.24 bits per heavy atom. The van der Waals surface area contributed by atoms with Crippen molar-refractivity contribution in [3.05, 3.63) is 53.1 Å². The van der Waals surface area contributed by atoms with Crippen LogP contribution in [0.25, 0.3) is 0 Å². The van der Waals surface area contributed by atoms with Crippen LogP contribution in [-0.2, 0) is 24.2 Å². The van der Waals surface area contributed by atoms with Gasteiger partial charge in [-0.2, -0.15) is 0 Å². The van der Waals surface area contributed by atoms with Crippen LogP contribution in [0.15, 0.2) is 30.3 Å². The van der Waals surface area contributed by atoms with Crippen molar-refractivity contribution in [3.8, 4) is 0 Å². The molecule has 1 aliphatic heterocycles. The minimum absolute atomic E-state index is 0.0122. The summed E-state index contributed by atoms with van der Waals surface area (Å²) in [5.41, 5.74) is 2.29. The molecule has 2 aromatic rings. The summed E-state index contributed by atoms with van der Waals surface area (Å²) in [5, 5.41) is 2.83. The molecule has 0 saturated heterocycles. The molecule has 0 unspecified atom stereocenters. The molecule has 0 aliphatic carbocycles. The summed E-state index contributed by atoms with van der Waals surface area (Å²) in [7, 11) is 1.59. The number of fused-ring (bicyclic) bond motifs is 1. The highest BCUT2D eigenvalue weighted by atomic mass is 16.5. The Labute approximate surface area is 172 Å². The fraction of sp³-hybridized carbons (Fsp3) is 0.500. The maximum atomic E-state index is 13.4. The molecule has 2 heterocycles. The highest BCUT2D eigenvalue weighted by Crippen LogP contribution is 2.23. The van der Waals surface area contributed by atoms with Gasteiger partial charge in [0.1, 0.15) is 5.69 Å². The molecular formula is C22H30N4O3. The summed E-state index contributed by atoms with van der Waals surface area (Å²) in [6, 6.07) is 9.94. The number of imidazole rings is 1. The van der Waals surface area contributed by atoms with Crippen molar-refractivity contribution in [3.63, 3.8) is 0 Å². The van der Waals surface area contributed by atoms with Crippen LogP contribution in [-0.4, -0.2) is 52.6 Å². The number of rotatable bonds is 8. The molecule has 1 aliphatic rings. The van der Waals surface area contributed by atoms with E-state index < -0.39 is 0 Å². The first-order chi connectivity index (χ1) is 14.0. The van der Waals surface area contributed by atoms with E-state index in [2.05, 4.69) is 10.3 Å². The largest absolute Gasteiger partial charge is 0.383 e. The van der Waals surface area contributed by atoms with Crippen molar-refractivity contribution in [2.75, 3.05) is 20.3 Å². The SMILES string of the molecule is COCCNC(=O)c1nc(C(=O)N(Cc2ccccc2)C(C)C)n2c1CCCC2. The highest BCUT2D eigenvalue weighted by molar-refractivity contribution is 5.97. The number of methoxy groups -OCH3 is 1. The number of aromatic nitrogens is 2. The first-order valence-corrected chi connectivity index (χ1v) is 10.2. The predicted molar refractivity (Wildman–Crippen MR) is 111 cm³/mol. The average Bonchev–Trinajstić information content (AvgIpc) is 3.12. The summed E-state index contributed by atoms with van der Waals surface area (Å²) < 4.78 is 6.94. The monoisotopic (exact) mass is 398 g/mol. The molecular weight excluding hydrogens is 368 g/mol. The minimum atomic E-state index is -0.245. The van der Waals surface area contributed by atoms with Crippen molar-refractivity contribution in [1.82, 2.24) is 19.8 Å². The molecule has 3 rings (SSSR count). The molecule has 1 N–H and O–H groups in total. The van der Waals surface area contributed by atoms with E-state index in [0.29, 0.717) is 37.8 Å². The van der Waals surface area contributed by atoms with Gasteiger partial charge in [0, 0.05) is 32.8 Å². The number of hydrogen-bond donors (Lipinski definition) is 1. The zero-order valence-corrected chi connectivity index (χ0v) is 17.5. The molecule has 0 atom stereocenters. The van der Waals surface area contributed by atoms with E-state index >= 15 is 0 Å². The zero-order valence-electron chi connectivity index (χ0n) is 17.5. The Morgan fingerprint density at radius 3 is 2.69 bits per heavy atom. The molecule has 0 saturated carbocycles. The maximum Gasteiger partial charge on any atom is 0.290 e. The van der Waals surface area contributed by atoms with Crippen molar-refractivity contribution >= 4 is 11.8 Å². The number of amides is 2. The molecule has 7 nitrogen and oxygen atoms in total. The summed E-state index contributed by atoms with van der Waals surface area (Å²) >= 11 is 0. The Bertz CT molecular complexity index is 845. The van der Waals surface area contributed by atoms with E-state index in [0.717, 1.165) is 30.5 Å². The summed E-state index contributed by atoms with van der Waals surface area (Å²) in [5.74, 6) is -0.0185. The third kappa shape index (κ3) is 4.85. The third-order valence-electron chi connectivity index (χ3n) is 5.20. The van der Waals surface area contributed by atoms with Crippen LogP contribution in [0.1, 0.15) is 59.1 Å². The van der Waals surface area contributed by atoms with Gasteiger partial charge in [-0.25, -0.2) is 4.98 Å². The molecule has 7 heteroatoms. The second kappa shape index (κ2) is 9.69. The van der Waals surface area contributed by atoms with Gasteiger partial charge in [0.2, 0.25) is 0 Å². The van der Waals surface area contributed by atoms with Gasteiger partial charge in [-0.05, 0) is 38.7 Å². The zero-order chi connectivity index (χ0) is 20.8. The van der Waals surface area contributed by atoms with Crippen molar-refractivity contribution in [2.24, 2.45) is 0 Å². The third-order valence-corrected chi connectivity index (χ3v) is 5.20. The van der Waals surface area contributed by atoms with Gasteiger partial charge in [0.25, 0.3) is 11.8 Å². The van der Waals surface area contributed by atoms with Gasteiger partial charge in [-0.1, -0.05) is 30.3 Å². The van der Waals surface area contributed by atoms with Crippen LogP contribution >= 0.6 is 0 Å². The lowest BCUT2D eigenvalue weighted by Gasteiger charge is -2.27. The molecule has 0 radical (unpaired) electrons. The first kappa shape index (κ1) is 21.0. The number of nitrogens with one attached hydrogen (secondary N) is 1. The number of nitrogens with zero attached hydrogens (tertiary/aromatic N) is 3. The fourth-order valence-electron chi connectivity index (χ4n) is 3.64. The standard InChI is InChI=1S/C22H30N4O3/c1-16(2)26(15-17-9-5-4-6-10-17)22(28)20-24-19(21(27)23-12-14-29-3)18-11-7-8-13-25(18)20/h4-6,9-10,16H,7-8,11-15H2,1-3H3,(H,23,27). The average molecular weight is 399 g/mol. The minimum Gasteiger partial charge on any atom is -0.383 e. The van der Waals surface area contributed by atoms with Crippen LogP contribution < -0.4 is 5.32 Å². The number of carbonyl (C=O) groups is 2. The van der Waals surface area contributed by atoms with E-state index in [4.69, 9.17) is 4.74 Å². The Balaban J connectivity index is 1.89. The summed E-state index contributed by atoms with van der Waals surface area (Å²) in [6.07, 6.45) is 2.73. The van der Waals surface area contributed by atoms with E-state index in [1.165, 1.54) is 0 Å². The molecule has 0 bridgehead atoms. The normalized spacial score (nSPS) is 13.2. The summed E-state index contributed by atoms with van der Waals surface area (Å²) in [6.45, 7) is 6.07. The van der Waals surface area contributed by atoms with Crippen molar-refractivity contribution in [2.45, 2.75) is 52.2 Å². The smallest absolute Gasteiger partial charge is 0.290 e. The van der Waals surface area contributed by atoms with Gasteiger partial charge in [0.15, 0.2) is 5.82 Å². The predicted octanol–water partition coefficient (Wildman–Crippen LogP) is 2.65. The van der Waals surface area contributed by atoms with Crippen LogP contribution in [0.3, 0.4) is 0 Å². The second-order valence-electron chi connectivity index (χ2n) is 7.60. The number of carbonyl (C=O) groups excluding carboxylic acids is 2. The lowest BCUT2D eigenvalue weighted by Crippen LogP contribution is -2.38. The molecule has 0 spiro atoms. The maximum absolute atomic E-state index is 13.4. The van der Waals surface area contributed by atoms with Crippen LogP contribution in [0.4, 0.5) is 0 Å². The quantitative estimate of drug-likeness (QED) is 0.694. The lowest BCUT2D eigenvalue weighted by atomic mass is 10.1. The molecule has 1 aromatic carbocycles. The molecule has 29 heavy (non-hydrogen) atoms. The Hall–Kier alpha value is -2.67. The van der Waals surface area contributed by atoms with Gasteiger partial charge in [0.05, 0.1) is 12.3 Å². The second-order valence-corrected chi connectivity index (χ2v) is 7.60. The number of hydrogen-bond acceptors (Lipinski definition) is 4. The van der Waals surface area contributed by atoms with Gasteiger partial charge >= 0.3 is 0 Å². The van der Waals surface area contributed by atoms with Crippen molar-refractivity contribution < 1.29 is 14.3 Å².